The molecule has 0 radical (unpaired) electrons. The van der Waals surface area contributed by atoms with E-state index < -0.39 is 0 Å². The molecule has 0 aromatic heterocycles. The standard InChI is InChI=1S/C17H17BrN2/c1-13(7-8-14-5-3-2-4-6-14)20-17-10-9-16(18)11-15(17)12-19/h2-6,9-11,13,20H,7-8H2,1H3. The van der Waals surface area contributed by atoms with Gasteiger partial charge in [0.25, 0.3) is 0 Å². The van der Waals surface area contributed by atoms with Gasteiger partial charge < -0.3 is 5.32 Å². The molecule has 1 unspecified atom stereocenters. The molecular weight excluding hydrogens is 312 g/mol. The zero-order valence-corrected chi connectivity index (χ0v) is 13.0. The second-order valence-electron chi connectivity index (χ2n) is 4.87. The van der Waals surface area contributed by atoms with Crippen LogP contribution in [0.25, 0.3) is 0 Å². The van der Waals surface area contributed by atoms with E-state index in [-0.39, 0.29) is 0 Å². The molecule has 1 N–H and O–H groups in total. The van der Waals surface area contributed by atoms with Gasteiger partial charge in [-0.05, 0) is 43.5 Å². The van der Waals surface area contributed by atoms with Gasteiger partial charge in [-0.1, -0.05) is 46.3 Å². The second-order valence-corrected chi connectivity index (χ2v) is 5.79. The first-order valence-corrected chi connectivity index (χ1v) is 7.48. The monoisotopic (exact) mass is 328 g/mol. The molecule has 0 heterocycles. The van der Waals surface area contributed by atoms with Crippen LogP contribution in [-0.4, -0.2) is 6.04 Å². The number of hydrogen-bond donors (Lipinski definition) is 1. The molecule has 2 nitrogen and oxygen atoms in total. The summed E-state index contributed by atoms with van der Waals surface area (Å²) < 4.78 is 0.927. The molecule has 0 saturated carbocycles. The number of aryl methyl sites for hydroxylation is 1. The van der Waals surface area contributed by atoms with E-state index in [1.165, 1.54) is 5.56 Å². The van der Waals surface area contributed by atoms with Crippen molar-refractivity contribution >= 4 is 21.6 Å². The molecule has 102 valence electrons. The SMILES string of the molecule is CC(CCc1ccccc1)Nc1ccc(Br)cc1C#N. The van der Waals surface area contributed by atoms with Crippen molar-refractivity contribution in [2.45, 2.75) is 25.8 Å². The van der Waals surface area contributed by atoms with Crippen LogP contribution in [0.1, 0.15) is 24.5 Å². The van der Waals surface area contributed by atoms with E-state index in [4.69, 9.17) is 5.26 Å². The van der Waals surface area contributed by atoms with Gasteiger partial charge >= 0.3 is 0 Å². The Kier molecular flexibility index (Phi) is 5.20. The number of nitriles is 1. The molecule has 0 aliphatic carbocycles. The van der Waals surface area contributed by atoms with Crippen LogP contribution >= 0.6 is 15.9 Å². The van der Waals surface area contributed by atoms with E-state index >= 15 is 0 Å². The minimum atomic E-state index is 0.323. The minimum absolute atomic E-state index is 0.323. The van der Waals surface area contributed by atoms with Gasteiger partial charge in [-0.2, -0.15) is 5.26 Å². The van der Waals surface area contributed by atoms with Gasteiger partial charge in [-0.15, -0.1) is 0 Å². The second kappa shape index (κ2) is 7.12. The highest BCUT2D eigenvalue weighted by atomic mass is 79.9. The summed E-state index contributed by atoms with van der Waals surface area (Å²) in [7, 11) is 0. The van der Waals surface area contributed by atoms with Crippen molar-refractivity contribution in [2.24, 2.45) is 0 Å². The van der Waals surface area contributed by atoms with Crippen molar-refractivity contribution in [1.82, 2.24) is 0 Å². The maximum absolute atomic E-state index is 9.15. The van der Waals surface area contributed by atoms with Crippen molar-refractivity contribution < 1.29 is 0 Å². The van der Waals surface area contributed by atoms with Gasteiger partial charge in [-0.25, -0.2) is 0 Å². The van der Waals surface area contributed by atoms with Crippen molar-refractivity contribution in [2.75, 3.05) is 5.32 Å². The Morgan fingerprint density at radius 3 is 2.65 bits per heavy atom. The summed E-state index contributed by atoms with van der Waals surface area (Å²) in [4.78, 5) is 0. The summed E-state index contributed by atoms with van der Waals surface area (Å²) in [6, 6.07) is 18.7. The number of anilines is 1. The van der Waals surface area contributed by atoms with E-state index in [0.717, 1.165) is 23.0 Å². The number of nitrogens with one attached hydrogen (secondary N) is 1. The third kappa shape index (κ3) is 4.11. The zero-order valence-electron chi connectivity index (χ0n) is 11.4. The highest BCUT2D eigenvalue weighted by molar-refractivity contribution is 9.10. The molecule has 0 spiro atoms. The number of rotatable bonds is 5. The van der Waals surface area contributed by atoms with E-state index in [0.29, 0.717) is 11.6 Å². The van der Waals surface area contributed by atoms with Gasteiger partial charge in [0.05, 0.1) is 11.3 Å². The molecule has 0 saturated heterocycles. The van der Waals surface area contributed by atoms with Gasteiger partial charge in [0, 0.05) is 10.5 Å². The predicted molar refractivity (Wildman–Crippen MR) is 86.7 cm³/mol. The fourth-order valence-electron chi connectivity index (χ4n) is 2.10. The number of hydrogen-bond acceptors (Lipinski definition) is 2. The van der Waals surface area contributed by atoms with Gasteiger partial charge in [0.15, 0.2) is 0 Å². The Hall–Kier alpha value is -1.79. The molecule has 3 heteroatoms. The fraction of sp³-hybridized carbons (Fsp3) is 0.235. The van der Waals surface area contributed by atoms with E-state index in [9.17, 15) is 0 Å². The van der Waals surface area contributed by atoms with E-state index in [1.54, 1.807) is 0 Å². The Morgan fingerprint density at radius 1 is 1.20 bits per heavy atom. The molecule has 0 aliphatic heterocycles. The van der Waals surface area contributed by atoms with Gasteiger partial charge in [-0.3, -0.25) is 0 Å². The van der Waals surface area contributed by atoms with Crippen LogP contribution < -0.4 is 5.32 Å². The number of benzene rings is 2. The van der Waals surface area contributed by atoms with Gasteiger partial charge in [0.2, 0.25) is 0 Å². The number of halogens is 1. The molecular formula is C17H17BrN2. The van der Waals surface area contributed by atoms with Crippen molar-refractivity contribution in [3.63, 3.8) is 0 Å². The van der Waals surface area contributed by atoms with Crippen LogP contribution in [0.15, 0.2) is 53.0 Å². The Bertz CT molecular complexity index is 602. The summed E-state index contributed by atoms with van der Waals surface area (Å²) in [5.74, 6) is 0. The molecule has 0 aliphatic rings. The first-order valence-electron chi connectivity index (χ1n) is 6.69. The lowest BCUT2D eigenvalue weighted by Gasteiger charge is -2.16. The van der Waals surface area contributed by atoms with E-state index in [2.05, 4.69) is 58.5 Å². The quantitative estimate of drug-likeness (QED) is 0.859. The maximum atomic E-state index is 9.15. The van der Waals surface area contributed by atoms with Crippen LogP contribution in [0.3, 0.4) is 0 Å². The fourth-order valence-corrected chi connectivity index (χ4v) is 2.46. The highest BCUT2D eigenvalue weighted by Crippen LogP contribution is 2.21. The van der Waals surface area contributed by atoms with E-state index in [1.807, 2.05) is 24.3 Å². The summed E-state index contributed by atoms with van der Waals surface area (Å²) in [6.07, 6.45) is 2.07. The summed E-state index contributed by atoms with van der Waals surface area (Å²) >= 11 is 3.39. The molecule has 0 amide bonds. The molecule has 0 bridgehead atoms. The Balaban J connectivity index is 1.95. The third-order valence-corrected chi connectivity index (χ3v) is 3.71. The maximum Gasteiger partial charge on any atom is 0.101 e. The molecule has 20 heavy (non-hydrogen) atoms. The zero-order chi connectivity index (χ0) is 14.4. The van der Waals surface area contributed by atoms with Crippen molar-refractivity contribution in [3.8, 4) is 6.07 Å². The lowest BCUT2D eigenvalue weighted by Crippen LogP contribution is -2.16. The van der Waals surface area contributed by atoms with Crippen LogP contribution in [0.5, 0.6) is 0 Å². The summed E-state index contributed by atoms with van der Waals surface area (Å²) in [5, 5.41) is 12.6. The van der Waals surface area contributed by atoms with Crippen LogP contribution in [0, 0.1) is 11.3 Å². The largest absolute Gasteiger partial charge is 0.382 e. The average molecular weight is 329 g/mol. The highest BCUT2D eigenvalue weighted by Gasteiger charge is 2.07. The van der Waals surface area contributed by atoms with Crippen LogP contribution in [0.2, 0.25) is 0 Å². The van der Waals surface area contributed by atoms with Crippen molar-refractivity contribution in [3.05, 3.63) is 64.1 Å². The third-order valence-electron chi connectivity index (χ3n) is 3.21. The average Bonchev–Trinajstić information content (AvgIpc) is 2.48. The van der Waals surface area contributed by atoms with Crippen LogP contribution in [-0.2, 0) is 6.42 Å². The predicted octanol–water partition coefficient (Wildman–Crippen LogP) is 4.75. The lowest BCUT2D eigenvalue weighted by atomic mass is 10.1. The number of nitrogens with zero attached hydrogens (tertiary/aromatic N) is 1. The lowest BCUT2D eigenvalue weighted by molar-refractivity contribution is 0.706. The first kappa shape index (κ1) is 14.6. The summed E-state index contributed by atoms with van der Waals surface area (Å²) in [5.41, 5.74) is 2.92. The van der Waals surface area contributed by atoms with Crippen LogP contribution in [0.4, 0.5) is 5.69 Å². The normalized spacial score (nSPS) is 11.7. The smallest absolute Gasteiger partial charge is 0.101 e. The van der Waals surface area contributed by atoms with Gasteiger partial charge in [0.1, 0.15) is 6.07 Å². The summed E-state index contributed by atoms with van der Waals surface area (Å²) in [6.45, 7) is 2.14. The first-order chi connectivity index (χ1) is 9.69. The Morgan fingerprint density at radius 2 is 1.95 bits per heavy atom. The molecule has 2 aromatic rings. The minimum Gasteiger partial charge on any atom is -0.382 e. The topological polar surface area (TPSA) is 35.8 Å². The molecule has 0 fully saturated rings. The Labute approximate surface area is 128 Å². The molecule has 2 aromatic carbocycles. The molecule has 2 rings (SSSR count). The van der Waals surface area contributed by atoms with Crippen molar-refractivity contribution in [1.29, 1.82) is 5.26 Å². The molecule has 1 atom stereocenters.